The Bertz CT molecular complexity index is 245. The molecule has 1 nitrogen and oxygen atoms in total. The zero-order valence-corrected chi connectivity index (χ0v) is 14.9. The van der Waals surface area contributed by atoms with E-state index in [1.165, 1.54) is 0 Å². The van der Waals surface area contributed by atoms with Gasteiger partial charge in [-0.25, -0.2) is 0 Å². The first-order valence-electron chi connectivity index (χ1n) is 5.70. The molecule has 0 amide bonds. The van der Waals surface area contributed by atoms with E-state index < -0.39 is 22.6 Å². The van der Waals surface area contributed by atoms with Crippen molar-refractivity contribution in [2.45, 2.75) is 60.1 Å². The lowest BCUT2D eigenvalue weighted by molar-refractivity contribution is -0.222. The number of hydrogen-bond donors (Lipinski definition) is 0. The molecule has 0 heterocycles. The van der Waals surface area contributed by atoms with Crippen molar-refractivity contribution in [2.24, 2.45) is 5.41 Å². The molecule has 0 fully saturated rings. The predicted molar refractivity (Wildman–Crippen MR) is 76.9 cm³/mol. The summed E-state index contributed by atoms with van der Waals surface area (Å²) in [5.74, 6) is 0. The third-order valence-corrected chi connectivity index (χ3v) is 30.5. The summed E-state index contributed by atoms with van der Waals surface area (Å²) >= 11 is 0. The minimum Gasteiger partial charge on any atom is -0.879 e. The van der Waals surface area contributed by atoms with Gasteiger partial charge in [0.15, 0.2) is 0 Å². The molecule has 0 N–H and O–H groups in total. The lowest BCUT2D eigenvalue weighted by Crippen LogP contribution is -2.61. The fourth-order valence-electron chi connectivity index (χ4n) is 2.18. The van der Waals surface area contributed by atoms with Crippen LogP contribution in [0.1, 0.15) is 20.8 Å². The van der Waals surface area contributed by atoms with Crippen molar-refractivity contribution in [3.8, 4) is 0 Å². The molecule has 0 rings (SSSR count). The van der Waals surface area contributed by atoms with Gasteiger partial charge in [-0.3, -0.25) is 0 Å². The normalized spacial score (nSPS) is 13.9. The topological polar surface area (TPSA) is 23.1 Å². The predicted octanol–water partition coefficient (Wildman–Crippen LogP) is 2.43. The first-order valence-corrected chi connectivity index (χ1v) is 16.2. The second-order valence-electron chi connectivity index (χ2n) is 7.45. The summed E-state index contributed by atoms with van der Waals surface area (Å²) in [5, 5.41) is 13.2. The summed E-state index contributed by atoms with van der Waals surface area (Å²) in [5.41, 5.74) is -0.130. The second-order valence-corrected chi connectivity index (χ2v) is 31.2. The third-order valence-electron chi connectivity index (χ3n) is 2.41. The highest BCUT2D eigenvalue weighted by atomic mass is 29.6. The molecule has 0 aliphatic heterocycles. The Hall–Kier alpha value is 0.321. The van der Waals surface area contributed by atoms with Crippen LogP contribution in [0.4, 0.5) is 0 Å². The molecule has 0 radical (unpaired) electrons. The standard InChI is InChI=1S/C11H28OSi3/c1-11(2,3)10(12)13(14(4,5)6)15(7,8)9/h12H,1-9H3/p-1. The first kappa shape index (κ1) is 15.3. The zero-order chi connectivity index (χ0) is 12.7. The van der Waals surface area contributed by atoms with Gasteiger partial charge in [-0.1, -0.05) is 60.1 Å². The minimum atomic E-state index is -1.28. The fraction of sp³-hybridized carbons (Fsp3) is 0.909. The lowest BCUT2D eigenvalue weighted by atomic mass is 9.99. The van der Waals surface area contributed by atoms with Crippen LogP contribution in [0, 0.1) is 5.41 Å². The van der Waals surface area contributed by atoms with Gasteiger partial charge in [-0.05, 0) is 12.9 Å². The van der Waals surface area contributed by atoms with Gasteiger partial charge < -0.3 is 5.11 Å². The molecule has 4 heteroatoms. The Morgan fingerprint density at radius 2 is 1.13 bits per heavy atom. The average molecular weight is 260 g/mol. The van der Waals surface area contributed by atoms with Gasteiger partial charge in [0.1, 0.15) is 0 Å². The van der Waals surface area contributed by atoms with Gasteiger partial charge in [0.25, 0.3) is 0 Å². The fourth-order valence-corrected chi connectivity index (χ4v) is 39.9. The van der Waals surface area contributed by atoms with Gasteiger partial charge in [-0.2, -0.15) is 5.35 Å². The highest BCUT2D eigenvalue weighted by molar-refractivity contribution is 7.60. The smallest absolute Gasteiger partial charge is 0.0510 e. The van der Waals surface area contributed by atoms with Crippen LogP contribution in [0.25, 0.3) is 0 Å². The molecule has 0 saturated heterocycles. The van der Waals surface area contributed by atoms with Crippen molar-refractivity contribution in [1.29, 1.82) is 0 Å². The van der Waals surface area contributed by atoms with Crippen molar-refractivity contribution < 1.29 is 5.11 Å². The Morgan fingerprint density at radius 1 is 0.867 bits per heavy atom. The maximum atomic E-state index is 12.6. The van der Waals surface area contributed by atoms with Gasteiger partial charge in [0.05, 0.1) is 15.2 Å². The Kier molecular flexibility index (Phi) is 4.39. The molecule has 0 bridgehead atoms. The van der Waals surface area contributed by atoms with Crippen molar-refractivity contribution in [2.75, 3.05) is 0 Å². The summed E-state index contributed by atoms with van der Waals surface area (Å²) in [6.45, 7) is 20.5. The van der Waals surface area contributed by atoms with E-state index >= 15 is 0 Å². The monoisotopic (exact) mass is 259 g/mol. The van der Waals surface area contributed by atoms with E-state index in [0.717, 1.165) is 0 Å². The minimum absolute atomic E-state index is 0.130. The van der Waals surface area contributed by atoms with Crippen LogP contribution in [-0.4, -0.2) is 28.0 Å². The molecule has 0 unspecified atom stereocenters. The molecule has 15 heavy (non-hydrogen) atoms. The third kappa shape index (κ3) is 4.36. The van der Waals surface area contributed by atoms with Crippen LogP contribution >= 0.6 is 0 Å². The van der Waals surface area contributed by atoms with Crippen molar-refractivity contribution in [3.63, 3.8) is 0 Å². The quantitative estimate of drug-likeness (QED) is 0.699. The molecule has 0 aromatic heterocycles. The molecule has 0 spiro atoms. The van der Waals surface area contributed by atoms with E-state index in [0.29, 0.717) is 5.35 Å². The van der Waals surface area contributed by atoms with Crippen molar-refractivity contribution in [3.05, 3.63) is 0 Å². The van der Waals surface area contributed by atoms with Crippen LogP contribution in [0.2, 0.25) is 39.3 Å². The molecule has 0 saturated carbocycles. The van der Waals surface area contributed by atoms with Crippen LogP contribution in [0.5, 0.6) is 0 Å². The Labute approximate surface area is 98.7 Å². The zero-order valence-electron chi connectivity index (χ0n) is 11.9. The van der Waals surface area contributed by atoms with E-state index in [4.69, 9.17) is 0 Å². The summed E-state index contributed by atoms with van der Waals surface area (Å²) in [6.07, 6.45) is 0. The van der Waals surface area contributed by atoms with E-state index in [-0.39, 0.29) is 5.41 Å². The molecule has 90 valence electrons. The average Bonchev–Trinajstić information content (AvgIpc) is 1.76. The molecule has 0 aliphatic carbocycles. The Morgan fingerprint density at radius 3 is 1.20 bits per heavy atom. The number of hydrogen-bond acceptors (Lipinski definition) is 1. The summed E-state index contributed by atoms with van der Waals surface area (Å²) in [7, 11) is -3.33. The van der Waals surface area contributed by atoms with Crippen LogP contribution in [0.3, 0.4) is 0 Å². The van der Waals surface area contributed by atoms with Crippen molar-refractivity contribution >= 4 is 28.0 Å². The maximum Gasteiger partial charge on any atom is 0.0510 e. The van der Waals surface area contributed by atoms with E-state index in [9.17, 15) is 5.11 Å². The second kappa shape index (κ2) is 4.30. The highest BCUT2D eigenvalue weighted by Crippen LogP contribution is 2.19. The summed E-state index contributed by atoms with van der Waals surface area (Å²) in [4.78, 5) is 0. The molecule has 0 aromatic carbocycles. The van der Waals surface area contributed by atoms with Gasteiger partial charge >= 0.3 is 0 Å². The van der Waals surface area contributed by atoms with E-state index in [2.05, 4.69) is 60.1 Å². The first-order chi connectivity index (χ1) is 6.28. The highest BCUT2D eigenvalue weighted by Gasteiger charge is 2.34. The van der Waals surface area contributed by atoms with Gasteiger partial charge in [0, 0.05) is 0 Å². The Balaban J connectivity index is 5.71. The lowest BCUT2D eigenvalue weighted by Gasteiger charge is -2.41. The molecule has 0 aromatic rings. The maximum absolute atomic E-state index is 12.6. The summed E-state index contributed by atoms with van der Waals surface area (Å²) in [6, 6.07) is 0. The molecule has 0 atom stereocenters. The van der Waals surface area contributed by atoms with E-state index in [1.807, 2.05) is 0 Å². The molecule has 0 aliphatic rings. The summed E-state index contributed by atoms with van der Waals surface area (Å²) < 4.78 is 0. The van der Waals surface area contributed by atoms with Crippen LogP contribution in [-0.2, 0) is 0 Å². The van der Waals surface area contributed by atoms with Crippen LogP contribution < -0.4 is 5.11 Å². The SMILES string of the molecule is CC(C)(C)C([O-])=[Si]([Si](C)(C)C)[Si](C)(C)C. The number of rotatable bonds is 2. The molecular weight excluding hydrogens is 232 g/mol. The molecular formula is C11H27OSi3-. The van der Waals surface area contributed by atoms with E-state index in [1.54, 1.807) is 0 Å². The largest absolute Gasteiger partial charge is 0.879 e. The van der Waals surface area contributed by atoms with Crippen molar-refractivity contribution in [1.82, 2.24) is 0 Å². The van der Waals surface area contributed by atoms with Gasteiger partial charge in [0.2, 0.25) is 0 Å². The van der Waals surface area contributed by atoms with Crippen LogP contribution in [0.15, 0.2) is 0 Å². The van der Waals surface area contributed by atoms with Gasteiger partial charge in [-0.15, -0.1) is 0 Å².